The summed E-state index contributed by atoms with van der Waals surface area (Å²) in [4.78, 5) is 0. The molecule has 1 aliphatic rings. The van der Waals surface area contributed by atoms with Crippen LogP contribution in [0.5, 0.6) is 0 Å². The fourth-order valence-electron chi connectivity index (χ4n) is 3.04. The van der Waals surface area contributed by atoms with Gasteiger partial charge in [-0.2, -0.15) is 0 Å². The zero-order valence-corrected chi connectivity index (χ0v) is 15.2. The summed E-state index contributed by atoms with van der Waals surface area (Å²) in [7, 11) is 0. The molecule has 126 valence electrons. The molecule has 1 heteroatoms. The fourth-order valence-corrected chi connectivity index (χ4v) is 3.04. The molecule has 0 atom stereocenters. The van der Waals surface area contributed by atoms with E-state index in [1.807, 2.05) is 13.8 Å². The molecule has 1 nitrogen and oxygen atoms in total. The maximum atomic E-state index is 4.21. The van der Waals surface area contributed by atoms with Crippen LogP contribution >= 0.6 is 0 Å². The molecule has 1 N–H and O–H groups in total. The van der Waals surface area contributed by atoms with E-state index >= 15 is 0 Å². The van der Waals surface area contributed by atoms with Crippen molar-refractivity contribution < 1.29 is 0 Å². The van der Waals surface area contributed by atoms with Crippen molar-refractivity contribution >= 4 is 11.8 Å². The van der Waals surface area contributed by atoms with Gasteiger partial charge in [0.1, 0.15) is 0 Å². The number of nitrogens with one attached hydrogen (secondary N) is 1. The van der Waals surface area contributed by atoms with Crippen LogP contribution in [-0.4, -0.2) is 0 Å². The molecule has 0 aromatic heterocycles. The zero-order chi connectivity index (χ0) is 17.4. The number of hydrogen-bond donors (Lipinski definition) is 1. The number of allylic oxidation sites excluding steroid dienone is 2. The average molecular weight is 319 g/mol. The van der Waals surface area contributed by atoms with Crippen molar-refractivity contribution in [1.29, 1.82) is 0 Å². The Morgan fingerprint density at radius 1 is 1.12 bits per heavy atom. The van der Waals surface area contributed by atoms with Crippen LogP contribution in [0.4, 0.5) is 5.69 Å². The Hall–Kier alpha value is -2.28. The molecular formula is C23H29N. The lowest BCUT2D eigenvalue weighted by molar-refractivity contribution is 0.973. The van der Waals surface area contributed by atoms with E-state index in [1.54, 1.807) is 0 Å². The number of anilines is 1. The minimum atomic E-state index is 0.865. The van der Waals surface area contributed by atoms with Gasteiger partial charge in [0, 0.05) is 17.8 Å². The molecule has 0 spiro atoms. The normalized spacial score (nSPS) is 12.0. The minimum absolute atomic E-state index is 0.865. The molecule has 0 heterocycles. The van der Waals surface area contributed by atoms with Crippen LogP contribution in [0.25, 0.3) is 6.08 Å². The van der Waals surface area contributed by atoms with E-state index in [0.717, 1.165) is 37.1 Å². The highest BCUT2D eigenvalue weighted by Gasteiger charge is 2.09. The smallest absolute Gasteiger partial charge is 0.0384 e. The molecule has 0 unspecified atom stereocenters. The molecule has 3 rings (SSSR count). The van der Waals surface area contributed by atoms with Crippen molar-refractivity contribution in [2.75, 3.05) is 5.32 Å². The number of benzene rings is 2. The Labute approximate surface area is 147 Å². The van der Waals surface area contributed by atoms with E-state index < -0.39 is 0 Å². The molecule has 0 amide bonds. The summed E-state index contributed by atoms with van der Waals surface area (Å²) >= 11 is 0. The highest BCUT2D eigenvalue weighted by molar-refractivity contribution is 5.61. The number of rotatable bonds is 5. The molecule has 0 aliphatic heterocycles. The predicted octanol–water partition coefficient (Wildman–Crippen LogP) is 6.40. The minimum Gasteiger partial charge on any atom is -0.359 e. The summed E-state index contributed by atoms with van der Waals surface area (Å²) in [5, 5.41) is 3.45. The van der Waals surface area contributed by atoms with Gasteiger partial charge in [0.2, 0.25) is 0 Å². The van der Waals surface area contributed by atoms with Gasteiger partial charge >= 0.3 is 0 Å². The third-order valence-corrected chi connectivity index (χ3v) is 4.21. The van der Waals surface area contributed by atoms with Gasteiger partial charge in [-0.25, -0.2) is 0 Å². The Morgan fingerprint density at radius 2 is 1.92 bits per heavy atom. The van der Waals surface area contributed by atoms with Crippen molar-refractivity contribution in [3.63, 3.8) is 0 Å². The summed E-state index contributed by atoms with van der Waals surface area (Å²) in [5.74, 6) is 0. The highest BCUT2D eigenvalue weighted by Crippen LogP contribution is 2.25. The van der Waals surface area contributed by atoms with Gasteiger partial charge < -0.3 is 5.32 Å². The van der Waals surface area contributed by atoms with Gasteiger partial charge in [0.05, 0.1) is 0 Å². The van der Waals surface area contributed by atoms with Gasteiger partial charge in [-0.1, -0.05) is 69.8 Å². The molecule has 24 heavy (non-hydrogen) atoms. The molecule has 0 bridgehead atoms. The summed E-state index contributed by atoms with van der Waals surface area (Å²) in [6, 6.07) is 15.2. The van der Waals surface area contributed by atoms with Crippen LogP contribution < -0.4 is 5.32 Å². The monoisotopic (exact) mass is 319 g/mol. The Kier molecular flexibility index (Phi) is 6.87. The summed E-state index contributed by atoms with van der Waals surface area (Å²) in [6.45, 7) is 10.4. The van der Waals surface area contributed by atoms with E-state index in [-0.39, 0.29) is 0 Å². The number of aryl methyl sites for hydroxylation is 2. The van der Waals surface area contributed by atoms with Crippen molar-refractivity contribution in [2.45, 2.75) is 46.5 Å². The Morgan fingerprint density at radius 3 is 2.71 bits per heavy atom. The molecule has 0 radical (unpaired) electrons. The van der Waals surface area contributed by atoms with Crippen LogP contribution in [0.3, 0.4) is 0 Å². The average Bonchev–Trinajstić information content (AvgIpc) is 2.64. The van der Waals surface area contributed by atoms with Gasteiger partial charge in [0.25, 0.3) is 0 Å². The third-order valence-electron chi connectivity index (χ3n) is 4.21. The lowest BCUT2D eigenvalue weighted by atomic mass is 9.91. The first-order valence-corrected chi connectivity index (χ1v) is 9.07. The maximum Gasteiger partial charge on any atom is 0.0384 e. The van der Waals surface area contributed by atoms with E-state index in [0.29, 0.717) is 0 Å². The first kappa shape index (κ1) is 18.1. The Balaban J connectivity index is 0.00000100. The van der Waals surface area contributed by atoms with Gasteiger partial charge in [-0.15, -0.1) is 0 Å². The molecule has 1 aliphatic carbocycles. The number of fused-ring (bicyclic) bond motifs is 1. The van der Waals surface area contributed by atoms with E-state index in [4.69, 9.17) is 0 Å². The quantitative estimate of drug-likeness (QED) is 0.672. The zero-order valence-electron chi connectivity index (χ0n) is 15.2. The Bertz CT molecular complexity index is 710. The third kappa shape index (κ3) is 4.61. The first-order valence-electron chi connectivity index (χ1n) is 9.07. The fraction of sp³-hybridized carbons (Fsp3) is 0.304. The van der Waals surface area contributed by atoms with Crippen LogP contribution in [-0.2, 0) is 19.3 Å². The SMILES string of the molecule is C=C(Cc1cccc2c1C=CCC2)Nc1cccc(CC)c1.CC. The van der Waals surface area contributed by atoms with Crippen molar-refractivity contribution in [3.8, 4) is 0 Å². The van der Waals surface area contributed by atoms with E-state index in [1.165, 1.54) is 22.3 Å². The van der Waals surface area contributed by atoms with Crippen LogP contribution in [0, 0.1) is 0 Å². The highest BCUT2D eigenvalue weighted by atomic mass is 14.9. The van der Waals surface area contributed by atoms with E-state index in [2.05, 4.69) is 73.4 Å². The number of hydrogen-bond acceptors (Lipinski definition) is 1. The summed E-state index contributed by atoms with van der Waals surface area (Å²) < 4.78 is 0. The largest absolute Gasteiger partial charge is 0.359 e. The van der Waals surface area contributed by atoms with Crippen LogP contribution in [0.1, 0.15) is 49.4 Å². The second-order valence-corrected chi connectivity index (χ2v) is 5.89. The molecular weight excluding hydrogens is 290 g/mol. The lowest BCUT2D eigenvalue weighted by Crippen LogP contribution is -2.05. The van der Waals surface area contributed by atoms with E-state index in [9.17, 15) is 0 Å². The van der Waals surface area contributed by atoms with Gasteiger partial charge in [0.15, 0.2) is 0 Å². The van der Waals surface area contributed by atoms with Gasteiger partial charge in [-0.05, 0) is 53.6 Å². The second-order valence-electron chi connectivity index (χ2n) is 5.89. The van der Waals surface area contributed by atoms with Crippen LogP contribution in [0.2, 0.25) is 0 Å². The second kappa shape index (κ2) is 9.12. The lowest BCUT2D eigenvalue weighted by Gasteiger charge is -2.17. The molecule has 2 aromatic rings. The maximum absolute atomic E-state index is 4.21. The topological polar surface area (TPSA) is 12.0 Å². The first-order chi connectivity index (χ1) is 11.8. The predicted molar refractivity (Wildman–Crippen MR) is 107 cm³/mol. The molecule has 0 fully saturated rings. The summed E-state index contributed by atoms with van der Waals surface area (Å²) in [5.41, 5.74) is 7.72. The molecule has 0 saturated heterocycles. The van der Waals surface area contributed by atoms with Crippen LogP contribution in [0.15, 0.2) is 60.8 Å². The van der Waals surface area contributed by atoms with Crippen molar-refractivity contribution in [2.24, 2.45) is 0 Å². The van der Waals surface area contributed by atoms with Crippen molar-refractivity contribution in [3.05, 3.63) is 83.1 Å². The molecule has 2 aromatic carbocycles. The van der Waals surface area contributed by atoms with Crippen molar-refractivity contribution in [1.82, 2.24) is 0 Å². The molecule has 0 saturated carbocycles. The van der Waals surface area contributed by atoms with Gasteiger partial charge in [-0.3, -0.25) is 0 Å². The standard InChI is InChI=1S/C21H23N.C2H6/c1-3-17-8-6-12-20(15-17)22-16(2)14-19-11-7-10-18-9-4-5-13-21(18)19;1-2/h5-8,10-13,15,22H,2-4,9,14H2,1H3;1-2H3. The summed E-state index contributed by atoms with van der Waals surface area (Å²) in [6.07, 6.45) is 8.76.